The molecular weight excluding hydrogens is 468 g/mol. The van der Waals surface area contributed by atoms with Gasteiger partial charge in [0.05, 0.1) is 18.7 Å². The maximum Gasteiger partial charge on any atom is 0.288 e. The summed E-state index contributed by atoms with van der Waals surface area (Å²) in [6.45, 7) is 2.43. The minimum atomic E-state index is -3.56. The van der Waals surface area contributed by atoms with Crippen molar-refractivity contribution in [2.45, 2.75) is 11.6 Å². The Hall–Kier alpha value is -2.93. The summed E-state index contributed by atoms with van der Waals surface area (Å²) in [5.41, 5.74) is 0.736. The van der Waals surface area contributed by atoms with Gasteiger partial charge in [0.2, 0.25) is 22.7 Å². The van der Waals surface area contributed by atoms with E-state index in [4.69, 9.17) is 30.8 Å². The predicted octanol–water partition coefficient (Wildman–Crippen LogP) is 2.57. The van der Waals surface area contributed by atoms with Crippen LogP contribution in [0.2, 0.25) is 0 Å². The highest BCUT2D eigenvalue weighted by atomic mass is 32.2. The molecule has 2 aromatic carbocycles. The van der Waals surface area contributed by atoms with Gasteiger partial charge in [0.25, 0.3) is 4.84 Å². The van der Waals surface area contributed by atoms with Crippen molar-refractivity contribution in [2.75, 3.05) is 40.1 Å². The van der Waals surface area contributed by atoms with Crippen LogP contribution in [-0.4, -0.2) is 67.5 Å². The van der Waals surface area contributed by atoms with Crippen LogP contribution in [0.15, 0.2) is 51.8 Å². The van der Waals surface area contributed by atoms with E-state index in [2.05, 4.69) is 10.00 Å². The summed E-state index contributed by atoms with van der Waals surface area (Å²) in [5.74, 6) is 2.32. The lowest BCUT2D eigenvalue weighted by Gasteiger charge is -2.33. The first-order chi connectivity index (χ1) is 15.9. The highest BCUT2D eigenvalue weighted by Gasteiger charge is 2.29. The number of ether oxygens (including phenoxy) is 3. The number of hydrogen-bond acceptors (Lipinski definition) is 9. The van der Waals surface area contributed by atoms with Crippen LogP contribution in [0, 0.1) is 4.84 Å². The second-order valence-corrected chi connectivity index (χ2v) is 9.87. The van der Waals surface area contributed by atoms with Gasteiger partial charge in [-0.2, -0.15) is 4.31 Å². The normalized spacial score (nSPS) is 16.8. The molecule has 0 N–H and O–H groups in total. The smallest absolute Gasteiger partial charge is 0.288 e. The van der Waals surface area contributed by atoms with Gasteiger partial charge in [0.15, 0.2) is 11.5 Å². The highest BCUT2D eigenvalue weighted by molar-refractivity contribution is 7.89. The molecule has 1 saturated heterocycles. The topological polar surface area (TPSA) is 99.3 Å². The number of sulfonamides is 1. The van der Waals surface area contributed by atoms with Crippen LogP contribution in [0.4, 0.5) is 0 Å². The van der Waals surface area contributed by atoms with Crippen LogP contribution in [0.5, 0.6) is 17.2 Å². The SMILES string of the molecule is COc1ccc(S(=O)(=O)N2CCN(Cn3nc(-c4ccc5c(c4)OCO5)oc3=S)CC2)cc1. The average Bonchev–Trinajstić information content (AvgIpc) is 3.45. The summed E-state index contributed by atoms with van der Waals surface area (Å²) in [6.07, 6.45) is 0. The number of methoxy groups -OCH3 is 1. The fraction of sp³-hybridized carbons (Fsp3) is 0.333. The number of fused-ring (bicyclic) bond motifs is 1. The van der Waals surface area contributed by atoms with Crippen molar-refractivity contribution in [1.82, 2.24) is 19.0 Å². The summed E-state index contributed by atoms with van der Waals surface area (Å²) in [4.78, 5) is 2.58. The molecule has 5 rings (SSSR count). The van der Waals surface area contributed by atoms with E-state index in [0.29, 0.717) is 56.0 Å². The second kappa shape index (κ2) is 8.78. The number of hydrogen-bond donors (Lipinski definition) is 0. The Balaban J connectivity index is 1.24. The summed E-state index contributed by atoms with van der Waals surface area (Å²) >= 11 is 5.34. The van der Waals surface area contributed by atoms with Gasteiger partial charge in [-0.3, -0.25) is 4.90 Å². The molecule has 0 radical (unpaired) electrons. The van der Waals surface area contributed by atoms with Gasteiger partial charge in [0, 0.05) is 31.7 Å². The monoisotopic (exact) mass is 490 g/mol. The van der Waals surface area contributed by atoms with Gasteiger partial charge in [-0.25, -0.2) is 13.1 Å². The van der Waals surface area contributed by atoms with Crippen LogP contribution in [0.3, 0.4) is 0 Å². The zero-order valence-electron chi connectivity index (χ0n) is 17.8. The Morgan fingerprint density at radius 2 is 1.76 bits per heavy atom. The van der Waals surface area contributed by atoms with Crippen LogP contribution in [0.1, 0.15) is 0 Å². The third-order valence-electron chi connectivity index (χ3n) is 5.59. The number of nitrogens with zero attached hydrogens (tertiary/aromatic N) is 4. The van der Waals surface area contributed by atoms with E-state index in [1.54, 1.807) is 48.2 Å². The molecule has 0 aliphatic carbocycles. The molecule has 0 spiro atoms. The first-order valence-electron chi connectivity index (χ1n) is 10.3. The number of rotatable bonds is 6. The van der Waals surface area contributed by atoms with Crippen molar-refractivity contribution in [3.05, 3.63) is 47.3 Å². The van der Waals surface area contributed by atoms with Gasteiger partial charge < -0.3 is 18.6 Å². The lowest BCUT2D eigenvalue weighted by molar-refractivity contribution is 0.143. The average molecular weight is 491 g/mol. The molecule has 33 heavy (non-hydrogen) atoms. The molecule has 2 aliphatic heterocycles. The van der Waals surface area contributed by atoms with Crippen molar-refractivity contribution in [3.8, 4) is 28.7 Å². The van der Waals surface area contributed by atoms with Crippen molar-refractivity contribution >= 4 is 22.2 Å². The van der Waals surface area contributed by atoms with E-state index in [1.807, 2.05) is 6.07 Å². The third kappa shape index (κ3) is 4.34. The maximum atomic E-state index is 12.9. The van der Waals surface area contributed by atoms with Crippen LogP contribution in [-0.2, 0) is 16.7 Å². The summed E-state index contributed by atoms with van der Waals surface area (Å²) in [6, 6.07) is 11.9. The summed E-state index contributed by atoms with van der Waals surface area (Å²) < 4.78 is 50.5. The molecule has 0 amide bonds. The predicted molar refractivity (Wildman–Crippen MR) is 120 cm³/mol. The van der Waals surface area contributed by atoms with E-state index in [-0.39, 0.29) is 16.5 Å². The van der Waals surface area contributed by atoms with Crippen molar-refractivity contribution in [3.63, 3.8) is 0 Å². The Kier molecular flexibility index (Phi) is 5.83. The molecule has 1 aromatic heterocycles. The van der Waals surface area contributed by atoms with Crippen molar-refractivity contribution in [2.24, 2.45) is 0 Å². The molecule has 0 atom stereocenters. The highest BCUT2D eigenvalue weighted by Crippen LogP contribution is 2.35. The number of aromatic nitrogens is 2. The number of benzene rings is 2. The minimum absolute atomic E-state index is 0.191. The van der Waals surface area contributed by atoms with Crippen molar-refractivity contribution in [1.29, 1.82) is 0 Å². The molecule has 0 saturated carbocycles. The van der Waals surface area contributed by atoms with E-state index in [0.717, 1.165) is 5.56 Å². The molecule has 174 valence electrons. The summed E-state index contributed by atoms with van der Waals surface area (Å²) in [5, 5.41) is 4.50. The standard InChI is InChI=1S/C21H22N4O6S2/c1-28-16-3-5-17(6-4-16)33(26,27)24-10-8-23(9-11-24)13-25-21(32)31-20(22-25)15-2-7-18-19(12-15)30-14-29-18/h2-7,12H,8-11,13-14H2,1H3. The fourth-order valence-electron chi connectivity index (χ4n) is 3.74. The van der Waals surface area contributed by atoms with Crippen LogP contribution in [0.25, 0.3) is 11.5 Å². The Morgan fingerprint density at radius 1 is 1.03 bits per heavy atom. The fourth-order valence-corrected chi connectivity index (χ4v) is 5.34. The van der Waals surface area contributed by atoms with E-state index < -0.39 is 10.0 Å². The first-order valence-corrected chi connectivity index (χ1v) is 12.1. The maximum absolute atomic E-state index is 12.9. The van der Waals surface area contributed by atoms with Gasteiger partial charge >= 0.3 is 0 Å². The lowest BCUT2D eigenvalue weighted by Crippen LogP contribution is -2.48. The van der Waals surface area contributed by atoms with E-state index in [1.165, 1.54) is 4.31 Å². The van der Waals surface area contributed by atoms with Crippen LogP contribution >= 0.6 is 12.2 Å². The summed E-state index contributed by atoms with van der Waals surface area (Å²) in [7, 11) is -2.02. The minimum Gasteiger partial charge on any atom is -0.497 e. The Bertz CT molecular complexity index is 1310. The van der Waals surface area contributed by atoms with Crippen molar-refractivity contribution < 1.29 is 27.0 Å². The molecular formula is C21H22N4O6S2. The van der Waals surface area contributed by atoms with E-state index in [9.17, 15) is 8.42 Å². The second-order valence-electron chi connectivity index (χ2n) is 7.58. The Labute approximate surface area is 195 Å². The lowest BCUT2D eigenvalue weighted by atomic mass is 10.2. The zero-order chi connectivity index (χ0) is 23.0. The molecule has 0 unspecified atom stereocenters. The molecule has 10 nitrogen and oxygen atoms in total. The largest absolute Gasteiger partial charge is 0.497 e. The Morgan fingerprint density at radius 3 is 2.48 bits per heavy atom. The molecule has 1 fully saturated rings. The first kappa shape index (κ1) is 21.9. The molecule has 2 aliphatic rings. The molecule has 3 heterocycles. The zero-order valence-corrected chi connectivity index (χ0v) is 19.5. The van der Waals surface area contributed by atoms with Gasteiger partial charge in [-0.05, 0) is 54.7 Å². The molecule has 12 heteroatoms. The van der Waals surface area contributed by atoms with Gasteiger partial charge in [-0.15, -0.1) is 5.10 Å². The van der Waals surface area contributed by atoms with Gasteiger partial charge in [-0.1, -0.05) is 0 Å². The van der Waals surface area contributed by atoms with Gasteiger partial charge in [0.1, 0.15) is 5.75 Å². The van der Waals surface area contributed by atoms with E-state index >= 15 is 0 Å². The quantitative estimate of drug-likeness (QED) is 0.483. The third-order valence-corrected chi connectivity index (χ3v) is 7.80. The number of piperazine rings is 1. The molecule has 0 bridgehead atoms. The van der Waals surface area contributed by atoms with Crippen LogP contribution < -0.4 is 14.2 Å². The molecule has 3 aromatic rings.